The molecule has 2 aromatic rings. The Morgan fingerprint density at radius 3 is 2.72 bits per heavy atom. The lowest BCUT2D eigenvalue weighted by molar-refractivity contribution is -0.166. The van der Waals surface area contributed by atoms with E-state index >= 15 is 0 Å². The Balaban J connectivity index is 2.14. The van der Waals surface area contributed by atoms with E-state index in [1.807, 2.05) is 0 Å². The van der Waals surface area contributed by atoms with Crippen LogP contribution in [0.25, 0.3) is 11.0 Å². The number of hydrogen-bond acceptors (Lipinski definition) is 6. The first kappa shape index (κ1) is 17.2. The summed E-state index contributed by atoms with van der Waals surface area (Å²) in [5.41, 5.74) is -0.0949. The van der Waals surface area contributed by atoms with Crippen LogP contribution in [-0.2, 0) is 9.53 Å². The van der Waals surface area contributed by atoms with E-state index in [-0.39, 0.29) is 0 Å². The molecule has 3 rings (SSSR count). The van der Waals surface area contributed by atoms with Crippen LogP contribution in [-0.4, -0.2) is 22.8 Å². The van der Waals surface area contributed by atoms with Gasteiger partial charge in [0.15, 0.2) is 6.10 Å². The molecule has 0 bridgehead atoms. The summed E-state index contributed by atoms with van der Waals surface area (Å²) in [5.74, 6) is -0.0945. The van der Waals surface area contributed by atoms with Gasteiger partial charge in [-0.2, -0.15) is 0 Å². The Morgan fingerprint density at radius 2 is 2.04 bits per heavy atom. The topological polar surface area (TPSA) is 86.0 Å². The number of hydrogen-bond donors (Lipinski definition) is 1. The van der Waals surface area contributed by atoms with Crippen molar-refractivity contribution in [2.45, 2.75) is 45.5 Å². The van der Waals surface area contributed by atoms with Crippen LogP contribution in [0.5, 0.6) is 5.75 Å². The molecule has 0 saturated heterocycles. The highest BCUT2D eigenvalue weighted by molar-refractivity contribution is 5.88. The monoisotopic (exact) mass is 344 g/mol. The number of fused-ring (bicyclic) bond motifs is 2. The van der Waals surface area contributed by atoms with Crippen molar-refractivity contribution >= 4 is 16.9 Å². The fourth-order valence-electron chi connectivity index (χ4n) is 2.76. The summed E-state index contributed by atoms with van der Waals surface area (Å²) in [5, 5.41) is 11.3. The Labute approximate surface area is 144 Å². The molecule has 1 aromatic carbocycles. The van der Waals surface area contributed by atoms with Crippen LogP contribution in [0.2, 0.25) is 0 Å². The maximum absolute atomic E-state index is 12.2. The highest BCUT2D eigenvalue weighted by atomic mass is 16.6. The van der Waals surface area contributed by atoms with Crippen molar-refractivity contribution in [2.75, 3.05) is 0 Å². The van der Waals surface area contributed by atoms with Gasteiger partial charge >= 0.3 is 11.6 Å². The molecule has 1 aromatic heterocycles. The number of rotatable bonds is 2. The number of aliphatic hydroxyl groups is 1. The molecular formula is C19H20O6. The summed E-state index contributed by atoms with van der Waals surface area (Å²) in [6.07, 6.45) is -0.297. The molecule has 0 amide bonds. The highest BCUT2D eigenvalue weighted by Gasteiger charge is 2.45. The molecule has 1 N–H and O–H groups in total. The van der Waals surface area contributed by atoms with Gasteiger partial charge in [-0.05, 0) is 39.8 Å². The number of ether oxygens (including phenoxy) is 2. The normalized spacial score (nSPS) is 22.2. The van der Waals surface area contributed by atoms with Gasteiger partial charge in [-0.3, -0.25) is 0 Å². The second-order valence-corrected chi connectivity index (χ2v) is 6.63. The van der Waals surface area contributed by atoms with Crippen LogP contribution >= 0.6 is 0 Å². The van der Waals surface area contributed by atoms with Gasteiger partial charge in [0.2, 0.25) is 0 Å². The number of benzene rings is 1. The van der Waals surface area contributed by atoms with Crippen LogP contribution in [0.1, 0.15) is 39.4 Å². The summed E-state index contributed by atoms with van der Waals surface area (Å²) < 4.78 is 16.6. The second-order valence-electron chi connectivity index (χ2n) is 6.63. The average molecular weight is 344 g/mol. The van der Waals surface area contributed by atoms with Gasteiger partial charge < -0.3 is 19.0 Å². The predicted molar refractivity (Wildman–Crippen MR) is 91.5 cm³/mol. The standard InChI is InChI=1S/C19H20O6/c1-5-10(2)18(22)24-16-12-8-11-6-7-15(20)23-13(11)9-14(12)25-19(3,4)17(16)21/h5-9,16-17,21H,1-4H3/b10-5+/t16?,17-/m0/s1. The molecule has 6 heteroatoms. The second kappa shape index (κ2) is 6.04. The number of allylic oxidation sites excluding steroid dienone is 1. The first-order chi connectivity index (χ1) is 11.7. The van der Waals surface area contributed by atoms with Crippen molar-refractivity contribution in [1.29, 1.82) is 0 Å². The molecule has 0 spiro atoms. The molecule has 6 nitrogen and oxygen atoms in total. The largest absolute Gasteiger partial charge is 0.484 e. The van der Waals surface area contributed by atoms with E-state index in [1.165, 1.54) is 6.07 Å². The first-order valence-corrected chi connectivity index (χ1v) is 8.01. The molecule has 0 radical (unpaired) electrons. The third-order valence-electron chi connectivity index (χ3n) is 4.42. The minimum absolute atomic E-state index is 0.369. The van der Waals surface area contributed by atoms with E-state index < -0.39 is 29.4 Å². The molecular weight excluding hydrogens is 324 g/mol. The smallest absolute Gasteiger partial charge is 0.336 e. The van der Waals surface area contributed by atoms with E-state index in [9.17, 15) is 14.7 Å². The van der Waals surface area contributed by atoms with E-state index in [0.717, 1.165) is 0 Å². The fraction of sp³-hybridized carbons (Fsp3) is 0.368. The van der Waals surface area contributed by atoms with Crippen LogP contribution in [0, 0.1) is 0 Å². The summed E-state index contributed by atoms with van der Waals surface area (Å²) in [4.78, 5) is 23.6. The lowest BCUT2D eigenvalue weighted by Gasteiger charge is -2.41. The summed E-state index contributed by atoms with van der Waals surface area (Å²) >= 11 is 0. The van der Waals surface area contributed by atoms with Crippen LogP contribution in [0.4, 0.5) is 0 Å². The van der Waals surface area contributed by atoms with Crippen molar-refractivity contribution in [3.8, 4) is 5.75 Å². The molecule has 132 valence electrons. The van der Waals surface area contributed by atoms with Gasteiger partial charge in [-0.15, -0.1) is 0 Å². The molecule has 2 atom stereocenters. The van der Waals surface area contributed by atoms with Crippen molar-refractivity contribution < 1.29 is 23.8 Å². The first-order valence-electron chi connectivity index (χ1n) is 8.01. The summed E-state index contributed by atoms with van der Waals surface area (Å²) in [7, 11) is 0. The molecule has 1 aliphatic heterocycles. The van der Waals surface area contributed by atoms with Gasteiger partial charge in [0.05, 0.1) is 0 Å². The molecule has 1 unspecified atom stereocenters. The van der Waals surface area contributed by atoms with Gasteiger partial charge in [0, 0.05) is 28.7 Å². The van der Waals surface area contributed by atoms with Gasteiger partial charge in [0.1, 0.15) is 23.0 Å². The minimum Gasteiger partial charge on any atom is -0.484 e. The zero-order valence-electron chi connectivity index (χ0n) is 14.5. The number of aliphatic hydroxyl groups excluding tert-OH is 1. The Morgan fingerprint density at radius 1 is 1.32 bits per heavy atom. The Hall–Kier alpha value is -2.60. The van der Waals surface area contributed by atoms with Gasteiger partial charge in [-0.1, -0.05) is 6.08 Å². The Kier molecular flexibility index (Phi) is 4.16. The fourth-order valence-corrected chi connectivity index (χ4v) is 2.76. The van der Waals surface area contributed by atoms with Crippen LogP contribution in [0.15, 0.2) is 45.1 Å². The molecule has 1 aliphatic rings. The lowest BCUT2D eigenvalue weighted by atomic mass is 9.87. The summed E-state index contributed by atoms with van der Waals surface area (Å²) in [6, 6.07) is 6.21. The maximum atomic E-state index is 12.2. The zero-order chi connectivity index (χ0) is 18.4. The summed E-state index contributed by atoms with van der Waals surface area (Å²) in [6.45, 7) is 6.80. The van der Waals surface area contributed by atoms with Crippen LogP contribution < -0.4 is 10.4 Å². The highest BCUT2D eigenvalue weighted by Crippen LogP contribution is 2.43. The third kappa shape index (κ3) is 3.05. The zero-order valence-corrected chi connectivity index (χ0v) is 14.5. The predicted octanol–water partition coefficient (Wildman–Crippen LogP) is 2.88. The maximum Gasteiger partial charge on any atom is 0.336 e. The van der Waals surface area contributed by atoms with E-state index in [1.54, 1.807) is 52.0 Å². The quantitative estimate of drug-likeness (QED) is 0.512. The molecule has 0 fully saturated rings. The van der Waals surface area contributed by atoms with Crippen molar-refractivity contribution in [1.82, 2.24) is 0 Å². The molecule has 0 saturated carbocycles. The molecule has 2 heterocycles. The minimum atomic E-state index is -1.05. The van der Waals surface area contributed by atoms with Gasteiger partial charge in [0.25, 0.3) is 0 Å². The lowest BCUT2D eigenvalue weighted by Crippen LogP contribution is -2.49. The van der Waals surface area contributed by atoms with Crippen molar-refractivity contribution in [3.05, 3.63) is 51.9 Å². The van der Waals surface area contributed by atoms with Crippen LogP contribution in [0.3, 0.4) is 0 Å². The SMILES string of the molecule is C/C=C(\C)C(=O)OC1c2cc3ccc(=O)oc3cc2OC(C)(C)[C@H]1O. The van der Waals surface area contributed by atoms with Crippen molar-refractivity contribution in [2.24, 2.45) is 0 Å². The Bertz CT molecular complexity index is 921. The third-order valence-corrected chi connectivity index (χ3v) is 4.42. The van der Waals surface area contributed by atoms with Gasteiger partial charge in [-0.25, -0.2) is 9.59 Å². The molecule has 25 heavy (non-hydrogen) atoms. The van der Waals surface area contributed by atoms with E-state index in [0.29, 0.717) is 27.9 Å². The average Bonchev–Trinajstić information content (AvgIpc) is 2.56. The number of carbonyl (C=O) groups is 1. The van der Waals surface area contributed by atoms with Crippen molar-refractivity contribution in [3.63, 3.8) is 0 Å². The molecule has 0 aliphatic carbocycles. The van der Waals surface area contributed by atoms with E-state index in [4.69, 9.17) is 13.9 Å². The number of carbonyl (C=O) groups excluding carboxylic acids is 1. The number of esters is 1. The van der Waals surface area contributed by atoms with E-state index in [2.05, 4.69) is 0 Å².